The molecule has 0 saturated carbocycles. The van der Waals surface area contributed by atoms with Crippen LogP contribution in [0.3, 0.4) is 0 Å². The Balaban J connectivity index is 3.80. The van der Waals surface area contributed by atoms with Crippen LogP contribution in [0, 0.1) is 0 Å². The minimum absolute atomic E-state index is 3.86. The normalized spacial score (nSPS) is 32.3. The maximum atomic E-state index is 12.6. The summed E-state index contributed by atoms with van der Waals surface area (Å²) < 4.78 is 110. The van der Waals surface area contributed by atoms with Crippen LogP contribution in [0.1, 0.15) is 0 Å². The molecule has 1 heterocycles. The lowest BCUT2D eigenvalue weighted by molar-refractivity contribution is -0.0920. The summed E-state index contributed by atoms with van der Waals surface area (Å²) in [6.07, 6.45) is 0. The third kappa shape index (κ3) is 1.22. The lowest BCUT2D eigenvalue weighted by Gasteiger charge is -2.13. The summed E-state index contributed by atoms with van der Waals surface area (Å²) in [4.78, 5) is 0. The fourth-order valence-electron chi connectivity index (χ4n) is 0.947. The monoisotopic (exact) mass is 305 g/mol. The van der Waals surface area contributed by atoms with Crippen molar-refractivity contribution in [2.75, 3.05) is 0 Å². The second-order valence-electron chi connectivity index (χ2n) is 2.67. The minimum Gasteiger partial charge on any atom is -0.771 e. The predicted molar refractivity (Wildman–Crippen MR) is 40.4 cm³/mol. The molecule has 1 rings (SSSR count). The van der Waals surface area contributed by atoms with E-state index in [2.05, 4.69) is 0 Å². The number of rotatable bonds is 1. The molecule has 0 N–H and O–H groups in total. The smallest absolute Gasteiger partial charge is 0.424 e. The van der Waals surface area contributed by atoms with Crippen molar-refractivity contribution in [3.05, 3.63) is 0 Å². The van der Waals surface area contributed by atoms with Gasteiger partial charge in [-0.1, -0.05) is 0 Å². The van der Waals surface area contributed by atoms with Gasteiger partial charge in [0, 0.05) is 0 Å². The van der Waals surface area contributed by atoms with Gasteiger partial charge in [-0.3, -0.25) is 4.21 Å². The first kappa shape index (κ1) is 13.8. The molecule has 0 aliphatic carbocycles. The van der Waals surface area contributed by atoms with Crippen molar-refractivity contribution in [2.45, 2.75) is 14.4 Å². The first-order chi connectivity index (χ1) is 6.82. The van der Waals surface area contributed by atoms with E-state index in [1.54, 1.807) is 0 Å². The topological polar surface area (TPSA) is 108 Å². The Morgan fingerprint density at radius 1 is 0.938 bits per heavy atom. The largest absolute Gasteiger partial charge is 0.771 e. The summed E-state index contributed by atoms with van der Waals surface area (Å²) in [5.74, 6) is 0. The van der Waals surface area contributed by atoms with Gasteiger partial charge in [0.05, 0.1) is 0 Å². The molecule has 0 aromatic carbocycles. The molecule has 0 aromatic heterocycles. The molecule has 0 radical (unpaired) electrons. The highest BCUT2D eigenvalue weighted by Crippen LogP contribution is 2.53. The molecule has 0 bridgehead atoms. The van der Waals surface area contributed by atoms with Gasteiger partial charge >= 0.3 is 10.5 Å². The van der Waals surface area contributed by atoms with Crippen molar-refractivity contribution in [3.8, 4) is 0 Å². The fourth-order valence-corrected chi connectivity index (χ4v) is 7.23. The summed E-state index contributed by atoms with van der Waals surface area (Å²) in [5, 5.41) is -11.9. The molecular formula is C3HF4O6S3-. The molecule has 1 saturated heterocycles. The first-order valence-electron chi connectivity index (χ1n) is 3.12. The lowest BCUT2D eigenvalue weighted by Crippen LogP contribution is -2.42. The van der Waals surface area contributed by atoms with E-state index >= 15 is 0 Å². The standard InChI is InChI=1S/C3H2F4O6S3/c4-2(5)3(6,7)16(12,13)1(14(8)9)15(2,10)11/h1H,(H,8,9)/p-1. The SMILES string of the molecule is O=S([O-])C1S(=O)(=O)C(F)(F)C(F)(F)S1(=O)=O. The number of sulfone groups is 2. The van der Waals surface area contributed by atoms with Crippen LogP contribution >= 0.6 is 0 Å². The zero-order valence-corrected chi connectivity index (χ0v) is 9.21. The quantitative estimate of drug-likeness (QED) is 0.462. The Labute approximate surface area is 88.8 Å². The van der Waals surface area contributed by atoms with Gasteiger partial charge in [0.15, 0.2) is 0 Å². The van der Waals surface area contributed by atoms with Crippen LogP contribution in [-0.4, -0.2) is 40.0 Å². The van der Waals surface area contributed by atoms with E-state index in [0.29, 0.717) is 0 Å². The Hall–Kier alpha value is -0.270. The summed E-state index contributed by atoms with van der Waals surface area (Å²) in [6.45, 7) is 0. The molecule has 1 fully saturated rings. The van der Waals surface area contributed by atoms with E-state index in [9.17, 15) is 43.2 Å². The van der Waals surface area contributed by atoms with Gasteiger partial charge in [0.2, 0.25) is 3.91 Å². The predicted octanol–water partition coefficient (Wildman–Crippen LogP) is -0.822. The first-order valence-corrected chi connectivity index (χ1v) is 7.35. The van der Waals surface area contributed by atoms with Gasteiger partial charge in [-0.25, -0.2) is 16.8 Å². The van der Waals surface area contributed by atoms with Crippen molar-refractivity contribution in [1.82, 2.24) is 0 Å². The molecule has 1 aliphatic heterocycles. The van der Waals surface area contributed by atoms with Gasteiger partial charge in [0.25, 0.3) is 19.7 Å². The van der Waals surface area contributed by atoms with E-state index in [4.69, 9.17) is 0 Å². The van der Waals surface area contributed by atoms with Gasteiger partial charge in [0.1, 0.15) is 0 Å². The van der Waals surface area contributed by atoms with Crippen LogP contribution in [-0.2, 0) is 30.8 Å². The van der Waals surface area contributed by atoms with Gasteiger partial charge in [-0.05, 0) is 11.1 Å². The number of halogens is 4. The molecular weight excluding hydrogens is 304 g/mol. The maximum Gasteiger partial charge on any atom is 0.424 e. The molecule has 16 heavy (non-hydrogen) atoms. The van der Waals surface area contributed by atoms with Gasteiger partial charge in [-0.15, -0.1) is 0 Å². The van der Waals surface area contributed by atoms with E-state index < -0.39 is 45.2 Å². The molecule has 1 unspecified atom stereocenters. The Kier molecular flexibility index (Phi) is 2.71. The van der Waals surface area contributed by atoms with Crippen LogP contribution in [0.2, 0.25) is 0 Å². The van der Waals surface area contributed by atoms with Crippen LogP contribution in [0.4, 0.5) is 17.6 Å². The van der Waals surface area contributed by atoms with E-state index in [1.165, 1.54) is 0 Å². The van der Waals surface area contributed by atoms with Crippen molar-refractivity contribution >= 4 is 30.8 Å². The zero-order valence-electron chi connectivity index (χ0n) is 6.76. The molecule has 0 spiro atoms. The van der Waals surface area contributed by atoms with Gasteiger partial charge < -0.3 is 4.55 Å². The average Bonchev–Trinajstić information content (AvgIpc) is 2.05. The number of alkyl halides is 4. The van der Waals surface area contributed by atoms with Crippen LogP contribution in [0.5, 0.6) is 0 Å². The molecule has 96 valence electrons. The summed E-state index contributed by atoms with van der Waals surface area (Å²) >= 11 is -4.16. The average molecular weight is 305 g/mol. The van der Waals surface area contributed by atoms with Crippen LogP contribution < -0.4 is 0 Å². The van der Waals surface area contributed by atoms with E-state index in [-0.39, 0.29) is 0 Å². The minimum atomic E-state index is -6.36. The molecule has 0 aromatic rings. The second-order valence-corrected chi connectivity index (χ2v) is 8.71. The van der Waals surface area contributed by atoms with Gasteiger partial charge in [-0.2, -0.15) is 17.6 Å². The van der Waals surface area contributed by atoms with Crippen molar-refractivity contribution in [1.29, 1.82) is 0 Å². The molecule has 6 nitrogen and oxygen atoms in total. The third-order valence-corrected chi connectivity index (χ3v) is 9.10. The van der Waals surface area contributed by atoms with E-state index in [0.717, 1.165) is 0 Å². The third-order valence-electron chi connectivity index (χ3n) is 1.72. The Morgan fingerprint density at radius 2 is 1.19 bits per heavy atom. The van der Waals surface area contributed by atoms with Crippen molar-refractivity contribution in [3.63, 3.8) is 0 Å². The highest BCUT2D eigenvalue weighted by Gasteiger charge is 2.84. The van der Waals surface area contributed by atoms with E-state index in [1.807, 2.05) is 0 Å². The summed E-state index contributed by atoms with van der Waals surface area (Å²) in [6, 6.07) is 0. The fraction of sp³-hybridized carbons (Fsp3) is 1.00. The Morgan fingerprint density at radius 3 is 1.31 bits per heavy atom. The highest BCUT2D eigenvalue weighted by molar-refractivity contribution is 8.24. The summed E-state index contributed by atoms with van der Waals surface area (Å²) in [7, 11) is -12.7. The van der Waals surface area contributed by atoms with Crippen molar-refractivity contribution < 1.29 is 43.2 Å². The highest BCUT2D eigenvalue weighted by atomic mass is 32.3. The van der Waals surface area contributed by atoms with Crippen LogP contribution in [0.15, 0.2) is 0 Å². The molecule has 1 atom stereocenters. The second kappa shape index (κ2) is 3.14. The molecule has 1 aliphatic rings. The number of hydrogen-bond acceptors (Lipinski definition) is 6. The Bertz CT molecular complexity index is 502. The van der Waals surface area contributed by atoms with Crippen LogP contribution in [0.25, 0.3) is 0 Å². The van der Waals surface area contributed by atoms with Crippen molar-refractivity contribution in [2.24, 2.45) is 0 Å². The summed E-state index contributed by atoms with van der Waals surface area (Å²) in [5.41, 5.74) is 0. The zero-order chi connectivity index (χ0) is 13.2. The lowest BCUT2D eigenvalue weighted by atomic mass is 10.7. The maximum absolute atomic E-state index is 12.6. The molecule has 0 amide bonds. The molecule has 13 heteroatoms. The number of hydrogen-bond donors (Lipinski definition) is 0.